The van der Waals surface area contributed by atoms with Crippen LogP contribution in [0.1, 0.15) is 6.92 Å². The van der Waals surface area contributed by atoms with Crippen LogP contribution in [-0.4, -0.2) is 6.54 Å². The van der Waals surface area contributed by atoms with Crippen LogP contribution < -0.4 is 4.90 Å². The van der Waals surface area contributed by atoms with Gasteiger partial charge in [-0.2, -0.15) is 0 Å². The van der Waals surface area contributed by atoms with Crippen LogP contribution in [0.25, 0.3) is 21.9 Å². The maximum absolute atomic E-state index is 2.41. The van der Waals surface area contributed by atoms with E-state index in [2.05, 4.69) is 109 Å². The van der Waals surface area contributed by atoms with E-state index in [1.807, 2.05) is 0 Å². The van der Waals surface area contributed by atoms with Gasteiger partial charge >= 0.3 is 0 Å². The summed E-state index contributed by atoms with van der Waals surface area (Å²) in [5.41, 5.74) is 5.01. The molecule has 4 rings (SSSR count). The lowest BCUT2D eigenvalue weighted by Gasteiger charge is -2.28. The third-order valence-corrected chi connectivity index (χ3v) is 4.64. The van der Waals surface area contributed by atoms with Gasteiger partial charge in [0, 0.05) is 23.2 Å². The second-order valence-electron chi connectivity index (χ2n) is 6.13. The monoisotopic (exact) mass is 323 g/mol. The molecule has 0 aliphatic carbocycles. The molecule has 0 bridgehead atoms. The summed E-state index contributed by atoms with van der Waals surface area (Å²) in [6.45, 7) is 3.13. The van der Waals surface area contributed by atoms with Crippen LogP contribution in [0.2, 0.25) is 0 Å². The van der Waals surface area contributed by atoms with E-state index in [0.29, 0.717) is 0 Å². The van der Waals surface area contributed by atoms with E-state index in [9.17, 15) is 0 Å². The highest BCUT2D eigenvalue weighted by atomic mass is 15.1. The van der Waals surface area contributed by atoms with E-state index in [0.717, 1.165) is 6.54 Å². The standard InChI is InChI=1S/C24H21N/c1-2-25(21-14-7-4-8-15-21)24-22-16-10-9-13-20(22)17-18-23(24)19-11-5-3-6-12-19/h3-18H,2H2,1H3. The number of hydrogen-bond acceptors (Lipinski definition) is 1. The molecule has 1 heteroatoms. The molecule has 0 fully saturated rings. The SMILES string of the molecule is CCN(c1ccccc1)c1c(-c2ccccc2)ccc2ccccc12. The quantitative estimate of drug-likeness (QED) is 0.405. The predicted molar refractivity (Wildman–Crippen MR) is 109 cm³/mol. The van der Waals surface area contributed by atoms with Crippen molar-refractivity contribution in [3.8, 4) is 11.1 Å². The number of fused-ring (bicyclic) bond motifs is 1. The lowest BCUT2D eigenvalue weighted by Crippen LogP contribution is -2.17. The summed E-state index contributed by atoms with van der Waals surface area (Å²) in [5.74, 6) is 0. The van der Waals surface area contributed by atoms with Crippen LogP contribution in [0.5, 0.6) is 0 Å². The van der Waals surface area contributed by atoms with Crippen molar-refractivity contribution in [2.45, 2.75) is 6.92 Å². The van der Waals surface area contributed by atoms with Crippen LogP contribution in [0.15, 0.2) is 97.1 Å². The van der Waals surface area contributed by atoms with Crippen LogP contribution in [0.4, 0.5) is 11.4 Å². The number of para-hydroxylation sites is 1. The molecule has 0 N–H and O–H groups in total. The highest BCUT2D eigenvalue weighted by Crippen LogP contribution is 2.40. The van der Waals surface area contributed by atoms with Crippen LogP contribution in [0, 0.1) is 0 Å². The molecule has 0 heterocycles. The summed E-state index contributed by atoms with van der Waals surface area (Å²) in [7, 11) is 0. The van der Waals surface area contributed by atoms with E-state index in [1.165, 1.54) is 33.3 Å². The molecular weight excluding hydrogens is 302 g/mol. The van der Waals surface area contributed by atoms with Gasteiger partial charge in [0.1, 0.15) is 0 Å². The first-order valence-corrected chi connectivity index (χ1v) is 8.78. The van der Waals surface area contributed by atoms with Crippen molar-refractivity contribution in [3.05, 3.63) is 97.1 Å². The number of rotatable bonds is 4. The topological polar surface area (TPSA) is 3.24 Å². The first kappa shape index (κ1) is 15.5. The smallest absolute Gasteiger partial charge is 0.0569 e. The number of hydrogen-bond donors (Lipinski definition) is 0. The van der Waals surface area contributed by atoms with Crippen molar-refractivity contribution in [1.82, 2.24) is 0 Å². The molecule has 0 amide bonds. The molecule has 4 aromatic rings. The maximum atomic E-state index is 2.41. The first-order valence-electron chi connectivity index (χ1n) is 8.78. The molecule has 1 nitrogen and oxygen atoms in total. The van der Waals surface area contributed by atoms with Gasteiger partial charge in [-0.15, -0.1) is 0 Å². The Morgan fingerprint density at radius 3 is 2.00 bits per heavy atom. The van der Waals surface area contributed by atoms with Gasteiger partial charge in [-0.05, 0) is 30.0 Å². The molecule has 0 aliphatic heterocycles. The maximum Gasteiger partial charge on any atom is 0.0569 e. The molecular formula is C24H21N. The number of nitrogens with zero attached hydrogens (tertiary/aromatic N) is 1. The molecule has 0 saturated heterocycles. The van der Waals surface area contributed by atoms with Gasteiger partial charge in [-0.1, -0.05) is 84.9 Å². The Balaban J connectivity index is 2.02. The fourth-order valence-electron chi connectivity index (χ4n) is 3.47. The Kier molecular flexibility index (Phi) is 4.22. The van der Waals surface area contributed by atoms with Crippen molar-refractivity contribution in [3.63, 3.8) is 0 Å². The summed E-state index contributed by atoms with van der Waals surface area (Å²) in [6.07, 6.45) is 0. The fourth-order valence-corrected chi connectivity index (χ4v) is 3.47. The molecule has 0 aliphatic rings. The van der Waals surface area contributed by atoms with Crippen molar-refractivity contribution in [1.29, 1.82) is 0 Å². The molecule has 0 aromatic heterocycles. The second kappa shape index (κ2) is 6.82. The summed E-state index contributed by atoms with van der Waals surface area (Å²) >= 11 is 0. The van der Waals surface area contributed by atoms with Gasteiger partial charge in [0.15, 0.2) is 0 Å². The van der Waals surface area contributed by atoms with E-state index in [4.69, 9.17) is 0 Å². The highest BCUT2D eigenvalue weighted by Gasteiger charge is 2.16. The summed E-state index contributed by atoms with van der Waals surface area (Å²) in [5, 5.41) is 2.56. The van der Waals surface area contributed by atoms with Gasteiger partial charge < -0.3 is 4.90 Å². The minimum Gasteiger partial charge on any atom is -0.341 e. The van der Waals surface area contributed by atoms with Gasteiger partial charge in [0.25, 0.3) is 0 Å². The minimum atomic E-state index is 0.915. The van der Waals surface area contributed by atoms with E-state index >= 15 is 0 Å². The zero-order chi connectivity index (χ0) is 17.1. The second-order valence-corrected chi connectivity index (χ2v) is 6.13. The average Bonchev–Trinajstić information content (AvgIpc) is 2.70. The lowest BCUT2D eigenvalue weighted by molar-refractivity contribution is 1.03. The Morgan fingerprint density at radius 1 is 0.640 bits per heavy atom. The van der Waals surface area contributed by atoms with Gasteiger partial charge in [-0.25, -0.2) is 0 Å². The summed E-state index contributed by atoms with van der Waals surface area (Å²) in [4.78, 5) is 2.41. The normalized spacial score (nSPS) is 10.8. The Labute approximate surface area is 149 Å². The van der Waals surface area contributed by atoms with Gasteiger partial charge in [0.05, 0.1) is 5.69 Å². The van der Waals surface area contributed by atoms with Gasteiger partial charge in [0.2, 0.25) is 0 Å². The Bertz CT molecular complexity index is 975. The summed E-state index contributed by atoms with van der Waals surface area (Å²) in [6, 6.07) is 34.4. The van der Waals surface area contributed by atoms with Crippen molar-refractivity contribution in [2.24, 2.45) is 0 Å². The number of anilines is 2. The molecule has 0 unspecified atom stereocenters. The predicted octanol–water partition coefficient (Wildman–Crippen LogP) is 6.66. The third kappa shape index (κ3) is 2.89. The Hall–Kier alpha value is -3.06. The largest absolute Gasteiger partial charge is 0.341 e. The molecule has 0 saturated carbocycles. The van der Waals surface area contributed by atoms with Crippen molar-refractivity contribution >= 4 is 22.1 Å². The fraction of sp³-hybridized carbons (Fsp3) is 0.0833. The molecule has 0 spiro atoms. The van der Waals surface area contributed by atoms with Crippen LogP contribution >= 0.6 is 0 Å². The zero-order valence-corrected chi connectivity index (χ0v) is 14.4. The third-order valence-electron chi connectivity index (χ3n) is 4.64. The molecule has 0 radical (unpaired) electrons. The van der Waals surface area contributed by atoms with E-state index in [-0.39, 0.29) is 0 Å². The lowest BCUT2D eigenvalue weighted by atomic mass is 9.97. The molecule has 122 valence electrons. The Morgan fingerprint density at radius 2 is 1.28 bits per heavy atom. The summed E-state index contributed by atoms with van der Waals surface area (Å²) < 4.78 is 0. The molecule has 0 atom stereocenters. The average molecular weight is 323 g/mol. The van der Waals surface area contributed by atoms with Crippen LogP contribution in [0.3, 0.4) is 0 Å². The van der Waals surface area contributed by atoms with Crippen molar-refractivity contribution < 1.29 is 0 Å². The number of benzene rings is 4. The van der Waals surface area contributed by atoms with Crippen LogP contribution in [-0.2, 0) is 0 Å². The van der Waals surface area contributed by atoms with Crippen molar-refractivity contribution in [2.75, 3.05) is 11.4 Å². The van der Waals surface area contributed by atoms with Gasteiger partial charge in [-0.3, -0.25) is 0 Å². The minimum absolute atomic E-state index is 0.915. The molecule has 4 aromatic carbocycles. The van der Waals surface area contributed by atoms with E-state index in [1.54, 1.807) is 0 Å². The zero-order valence-electron chi connectivity index (χ0n) is 14.4. The molecule has 25 heavy (non-hydrogen) atoms. The highest BCUT2D eigenvalue weighted by molar-refractivity contribution is 6.03. The van der Waals surface area contributed by atoms with E-state index < -0.39 is 0 Å². The first-order chi connectivity index (χ1) is 12.4.